The third kappa shape index (κ3) is 1.95. The third-order valence-corrected chi connectivity index (χ3v) is 2.64. The predicted octanol–water partition coefficient (Wildman–Crippen LogP) is 2.26. The number of H-pyrrole nitrogens is 1. The van der Waals surface area contributed by atoms with Crippen LogP contribution in [0.4, 0.5) is 0 Å². The van der Waals surface area contributed by atoms with E-state index >= 15 is 0 Å². The molecule has 0 aliphatic rings. The van der Waals surface area contributed by atoms with E-state index in [1.807, 2.05) is 6.92 Å². The minimum atomic E-state index is -0.975. The van der Waals surface area contributed by atoms with E-state index in [9.17, 15) is 4.79 Å². The van der Waals surface area contributed by atoms with Crippen molar-refractivity contribution in [1.82, 2.24) is 10.2 Å². The van der Waals surface area contributed by atoms with Gasteiger partial charge in [0.2, 0.25) is 0 Å². The van der Waals surface area contributed by atoms with Gasteiger partial charge in [-0.15, -0.1) is 0 Å². The molecule has 1 rings (SSSR count). The summed E-state index contributed by atoms with van der Waals surface area (Å²) < 4.78 is 0. The maximum atomic E-state index is 10.8. The Balaban J connectivity index is 3.07. The molecule has 0 aromatic carbocycles. The second-order valence-corrected chi connectivity index (χ2v) is 4.58. The zero-order valence-corrected chi connectivity index (χ0v) is 8.96. The van der Waals surface area contributed by atoms with Gasteiger partial charge in [0.15, 0.2) is 5.69 Å². The molecule has 0 saturated carbocycles. The summed E-state index contributed by atoms with van der Waals surface area (Å²) in [6, 6.07) is 0. The Bertz CT molecular complexity index is 336. The maximum absolute atomic E-state index is 10.8. The summed E-state index contributed by atoms with van der Waals surface area (Å²) in [4.78, 5) is 10.8. The van der Waals surface area contributed by atoms with Crippen molar-refractivity contribution in [3.05, 3.63) is 17.5 Å². The van der Waals surface area contributed by atoms with Crippen molar-refractivity contribution in [2.24, 2.45) is 5.41 Å². The Morgan fingerprint density at radius 2 is 2.14 bits per heavy atom. The van der Waals surface area contributed by atoms with Crippen molar-refractivity contribution >= 4 is 5.97 Å². The smallest absolute Gasteiger partial charge is 0.356 e. The Morgan fingerprint density at radius 1 is 1.57 bits per heavy atom. The van der Waals surface area contributed by atoms with Crippen LogP contribution in [0.2, 0.25) is 0 Å². The minimum absolute atomic E-state index is 0.0358. The number of carboxylic acid groups (broad SMARTS) is 1. The SMILES string of the molecule is CC(c1c[nH]nc1C(=O)O)C(C)(C)C. The monoisotopic (exact) mass is 196 g/mol. The van der Waals surface area contributed by atoms with Crippen molar-refractivity contribution < 1.29 is 9.90 Å². The Labute approximate surface area is 83.3 Å². The van der Waals surface area contributed by atoms with E-state index in [0.717, 1.165) is 5.56 Å². The van der Waals surface area contributed by atoms with Gasteiger partial charge in [-0.3, -0.25) is 5.10 Å². The van der Waals surface area contributed by atoms with E-state index in [1.54, 1.807) is 6.20 Å². The highest BCUT2D eigenvalue weighted by atomic mass is 16.4. The van der Waals surface area contributed by atoms with Crippen LogP contribution in [0.25, 0.3) is 0 Å². The molecule has 1 atom stereocenters. The number of aromatic nitrogens is 2. The molecule has 0 spiro atoms. The van der Waals surface area contributed by atoms with Crippen LogP contribution < -0.4 is 0 Å². The number of aromatic amines is 1. The Morgan fingerprint density at radius 3 is 2.57 bits per heavy atom. The van der Waals surface area contributed by atoms with Gasteiger partial charge < -0.3 is 5.11 Å². The Kier molecular flexibility index (Phi) is 2.64. The van der Waals surface area contributed by atoms with Gasteiger partial charge in [0, 0.05) is 11.8 Å². The molecule has 0 aliphatic carbocycles. The number of nitrogens with zero attached hydrogens (tertiary/aromatic N) is 1. The lowest BCUT2D eigenvalue weighted by Gasteiger charge is -2.26. The predicted molar refractivity (Wildman–Crippen MR) is 53.4 cm³/mol. The largest absolute Gasteiger partial charge is 0.476 e. The van der Waals surface area contributed by atoms with Crippen LogP contribution >= 0.6 is 0 Å². The molecule has 1 unspecified atom stereocenters. The number of carboxylic acids is 1. The number of hydrogen-bond acceptors (Lipinski definition) is 2. The van der Waals surface area contributed by atoms with Gasteiger partial charge >= 0.3 is 5.97 Å². The number of rotatable bonds is 2. The van der Waals surface area contributed by atoms with Crippen molar-refractivity contribution in [1.29, 1.82) is 0 Å². The highest BCUT2D eigenvalue weighted by molar-refractivity contribution is 5.87. The van der Waals surface area contributed by atoms with Crippen LogP contribution in [0, 0.1) is 5.41 Å². The fraction of sp³-hybridized carbons (Fsp3) is 0.600. The van der Waals surface area contributed by atoms with Gasteiger partial charge in [-0.05, 0) is 11.3 Å². The molecule has 0 fully saturated rings. The number of nitrogens with one attached hydrogen (secondary N) is 1. The highest BCUT2D eigenvalue weighted by Crippen LogP contribution is 2.35. The highest BCUT2D eigenvalue weighted by Gasteiger charge is 2.27. The van der Waals surface area contributed by atoms with Gasteiger partial charge in [0.25, 0.3) is 0 Å². The first-order chi connectivity index (χ1) is 6.34. The first kappa shape index (κ1) is 10.8. The van der Waals surface area contributed by atoms with E-state index in [-0.39, 0.29) is 17.0 Å². The van der Waals surface area contributed by atoms with Crippen LogP contribution in [0.5, 0.6) is 0 Å². The molecule has 0 radical (unpaired) electrons. The molecule has 4 heteroatoms. The molecule has 0 amide bonds. The molecule has 4 nitrogen and oxygen atoms in total. The van der Waals surface area contributed by atoms with Crippen molar-refractivity contribution in [2.75, 3.05) is 0 Å². The van der Waals surface area contributed by atoms with Crippen LogP contribution in [-0.2, 0) is 0 Å². The quantitative estimate of drug-likeness (QED) is 0.762. The van der Waals surface area contributed by atoms with Crippen molar-refractivity contribution in [3.8, 4) is 0 Å². The van der Waals surface area contributed by atoms with Gasteiger partial charge in [-0.2, -0.15) is 5.10 Å². The van der Waals surface area contributed by atoms with E-state index in [1.165, 1.54) is 0 Å². The van der Waals surface area contributed by atoms with E-state index in [2.05, 4.69) is 31.0 Å². The molecule has 1 aromatic heterocycles. The summed E-state index contributed by atoms with van der Waals surface area (Å²) >= 11 is 0. The van der Waals surface area contributed by atoms with Gasteiger partial charge in [-0.25, -0.2) is 4.79 Å². The molecule has 14 heavy (non-hydrogen) atoms. The summed E-state index contributed by atoms with van der Waals surface area (Å²) in [6.07, 6.45) is 1.67. The fourth-order valence-corrected chi connectivity index (χ4v) is 1.27. The zero-order chi connectivity index (χ0) is 10.9. The van der Waals surface area contributed by atoms with E-state index in [4.69, 9.17) is 5.11 Å². The van der Waals surface area contributed by atoms with Gasteiger partial charge in [0.05, 0.1) is 0 Å². The first-order valence-corrected chi connectivity index (χ1v) is 4.61. The average Bonchev–Trinajstić information content (AvgIpc) is 2.48. The zero-order valence-electron chi connectivity index (χ0n) is 8.96. The van der Waals surface area contributed by atoms with Crippen LogP contribution in [0.3, 0.4) is 0 Å². The fourth-order valence-electron chi connectivity index (χ4n) is 1.27. The molecule has 2 N–H and O–H groups in total. The molecule has 78 valence electrons. The molecule has 1 heterocycles. The third-order valence-electron chi connectivity index (χ3n) is 2.64. The second-order valence-electron chi connectivity index (χ2n) is 4.58. The number of aromatic carboxylic acids is 1. The molecular formula is C10H16N2O2. The average molecular weight is 196 g/mol. The molecular weight excluding hydrogens is 180 g/mol. The van der Waals surface area contributed by atoms with Crippen LogP contribution in [-0.4, -0.2) is 21.3 Å². The van der Waals surface area contributed by atoms with Crippen LogP contribution in [0.1, 0.15) is 49.7 Å². The Hall–Kier alpha value is -1.32. The van der Waals surface area contributed by atoms with E-state index < -0.39 is 5.97 Å². The van der Waals surface area contributed by atoms with Crippen molar-refractivity contribution in [3.63, 3.8) is 0 Å². The maximum Gasteiger partial charge on any atom is 0.356 e. The second kappa shape index (κ2) is 3.44. The normalized spacial score (nSPS) is 14.0. The summed E-state index contributed by atoms with van der Waals surface area (Å²) in [5.74, 6) is -0.815. The summed E-state index contributed by atoms with van der Waals surface area (Å²) in [5, 5.41) is 15.2. The van der Waals surface area contributed by atoms with Crippen LogP contribution in [0.15, 0.2) is 6.20 Å². The first-order valence-electron chi connectivity index (χ1n) is 4.61. The number of carbonyl (C=O) groups is 1. The summed E-state index contributed by atoms with van der Waals surface area (Å²) in [6.45, 7) is 8.25. The molecule has 0 bridgehead atoms. The minimum Gasteiger partial charge on any atom is -0.476 e. The lowest BCUT2D eigenvalue weighted by Crippen LogP contribution is -2.17. The molecule has 1 aromatic rings. The number of hydrogen-bond donors (Lipinski definition) is 2. The summed E-state index contributed by atoms with van der Waals surface area (Å²) in [7, 11) is 0. The van der Waals surface area contributed by atoms with Gasteiger partial charge in [0.1, 0.15) is 0 Å². The van der Waals surface area contributed by atoms with E-state index in [0.29, 0.717) is 0 Å². The lowest BCUT2D eigenvalue weighted by molar-refractivity contribution is 0.0688. The molecule has 0 saturated heterocycles. The topological polar surface area (TPSA) is 66.0 Å². The van der Waals surface area contributed by atoms with Gasteiger partial charge in [-0.1, -0.05) is 27.7 Å². The lowest BCUT2D eigenvalue weighted by atomic mass is 9.78. The summed E-state index contributed by atoms with van der Waals surface area (Å²) in [5.41, 5.74) is 0.936. The van der Waals surface area contributed by atoms with Crippen molar-refractivity contribution in [2.45, 2.75) is 33.6 Å². The standard InChI is InChI=1S/C10H16N2O2/c1-6(10(2,3)4)7-5-11-12-8(7)9(13)14/h5-6H,1-4H3,(H,11,12)(H,13,14). The molecule has 0 aliphatic heterocycles.